The molecular weight excluding hydrogens is 238 g/mol. The maximum atomic E-state index is 7.87. The number of rotatable bonds is 1. The zero-order valence-corrected chi connectivity index (χ0v) is 8.08. The molecule has 1 fully saturated rings. The largest absolute Gasteiger partial charge is 0.346 e. The van der Waals surface area contributed by atoms with E-state index < -0.39 is 26.0 Å². The minimum Gasteiger partial charge on any atom is -0.346 e. The zero-order chi connectivity index (χ0) is 16.4. The van der Waals surface area contributed by atoms with E-state index in [2.05, 4.69) is 20.9 Å². The van der Waals surface area contributed by atoms with E-state index in [0.29, 0.717) is 4.90 Å². The predicted octanol–water partition coefficient (Wildman–Crippen LogP) is 1.32. The van der Waals surface area contributed by atoms with E-state index in [-0.39, 0.29) is 15.1 Å². The first-order chi connectivity index (χ1) is 9.24. The standard InChI is InChI=1S/C7H10BrN3S/c8-6-5-10-7(12-6)11-3-1-9-2-4-11/h5,9H,1-4H2/i1D2,2D2,3D2,4D2,5D. The fourth-order valence-corrected chi connectivity index (χ4v) is 1.68. The van der Waals surface area contributed by atoms with Crippen LogP contribution < -0.4 is 10.2 Å². The highest BCUT2D eigenvalue weighted by atomic mass is 79.9. The van der Waals surface area contributed by atoms with Crippen LogP contribution in [0.2, 0.25) is 0 Å². The van der Waals surface area contributed by atoms with Crippen LogP contribution in [-0.2, 0) is 0 Å². The van der Waals surface area contributed by atoms with Crippen LogP contribution in [-0.4, -0.2) is 31.0 Å². The highest BCUT2D eigenvalue weighted by molar-refractivity contribution is 9.11. The van der Waals surface area contributed by atoms with Crippen LogP contribution in [0, 0.1) is 0 Å². The highest BCUT2D eigenvalue weighted by Gasteiger charge is 2.12. The van der Waals surface area contributed by atoms with E-state index in [0.717, 1.165) is 11.3 Å². The first kappa shape index (κ1) is 2.93. The summed E-state index contributed by atoms with van der Waals surface area (Å²) in [6, 6.07) is 0. The Morgan fingerprint density at radius 2 is 2.50 bits per heavy atom. The van der Waals surface area contributed by atoms with Crippen molar-refractivity contribution in [1.29, 1.82) is 0 Å². The fraction of sp³-hybridized carbons (Fsp3) is 0.571. The Bertz CT molecular complexity index is 528. The molecule has 0 atom stereocenters. The first-order valence-electron chi connectivity index (χ1n) is 7.47. The normalized spacial score (nSPS) is 46.1. The van der Waals surface area contributed by atoms with Crippen molar-refractivity contribution in [2.75, 3.05) is 30.9 Å². The van der Waals surface area contributed by atoms with Crippen LogP contribution in [0.4, 0.5) is 5.13 Å². The molecule has 0 bridgehead atoms. The van der Waals surface area contributed by atoms with Gasteiger partial charge in [0.1, 0.15) is 0 Å². The summed E-state index contributed by atoms with van der Waals surface area (Å²) in [6.45, 7) is -11.6. The molecule has 0 aromatic carbocycles. The lowest BCUT2D eigenvalue weighted by Crippen LogP contribution is -2.43. The number of piperazine rings is 1. The molecule has 0 unspecified atom stereocenters. The van der Waals surface area contributed by atoms with Gasteiger partial charge in [0.15, 0.2) is 5.13 Å². The molecule has 1 aromatic rings. The Hall–Kier alpha value is -0.130. The van der Waals surface area contributed by atoms with Gasteiger partial charge < -0.3 is 10.2 Å². The molecule has 1 aliphatic heterocycles. The molecule has 66 valence electrons. The summed E-state index contributed by atoms with van der Waals surface area (Å²) < 4.78 is 69.8. The van der Waals surface area contributed by atoms with Crippen molar-refractivity contribution in [2.24, 2.45) is 0 Å². The van der Waals surface area contributed by atoms with Gasteiger partial charge in [0, 0.05) is 31.5 Å². The first-order valence-corrected chi connectivity index (χ1v) is 4.57. The van der Waals surface area contributed by atoms with Gasteiger partial charge in [-0.3, -0.25) is 0 Å². The lowest BCUT2D eigenvalue weighted by molar-refractivity contribution is 0.588. The van der Waals surface area contributed by atoms with Gasteiger partial charge in [0.2, 0.25) is 0 Å². The van der Waals surface area contributed by atoms with Gasteiger partial charge in [0.05, 0.1) is 16.8 Å². The maximum Gasteiger partial charge on any atom is 0.186 e. The van der Waals surface area contributed by atoms with Gasteiger partial charge in [-0.05, 0) is 15.9 Å². The van der Waals surface area contributed by atoms with Crippen LogP contribution in [0.1, 0.15) is 12.3 Å². The smallest absolute Gasteiger partial charge is 0.186 e. The van der Waals surface area contributed by atoms with Crippen LogP contribution in [0.5, 0.6) is 0 Å². The van der Waals surface area contributed by atoms with Crippen LogP contribution in [0.15, 0.2) is 9.96 Å². The predicted molar refractivity (Wildman–Crippen MR) is 54.9 cm³/mol. The molecule has 5 heteroatoms. The molecule has 2 rings (SSSR count). The van der Waals surface area contributed by atoms with E-state index in [1.165, 1.54) is 0 Å². The van der Waals surface area contributed by atoms with Gasteiger partial charge >= 0.3 is 0 Å². The summed E-state index contributed by atoms with van der Waals surface area (Å²) in [5.74, 6) is 0. The number of hydrogen-bond acceptors (Lipinski definition) is 4. The number of aromatic nitrogens is 1. The summed E-state index contributed by atoms with van der Waals surface area (Å²) in [5, 5.41) is 1.40. The molecule has 1 saturated heterocycles. The molecule has 1 aliphatic rings. The minimum absolute atomic E-state index is 0.212. The number of thiazole rings is 1. The molecule has 3 nitrogen and oxygen atoms in total. The zero-order valence-electron chi connectivity index (χ0n) is 14.7. The molecule has 1 N–H and O–H groups in total. The topological polar surface area (TPSA) is 28.2 Å². The van der Waals surface area contributed by atoms with Crippen molar-refractivity contribution in [2.45, 2.75) is 0 Å². The van der Waals surface area contributed by atoms with Crippen molar-refractivity contribution >= 4 is 32.4 Å². The highest BCUT2D eigenvalue weighted by Crippen LogP contribution is 2.26. The summed E-state index contributed by atoms with van der Waals surface area (Å²) in [4.78, 5) is 3.99. The van der Waals surface area contributed by atoms with Gasteiger partial charge in [-0.2, -0.15) is 0 Å². The van der Waals surface area contributed by atoms with Crippen LogP contribution in [0.3, 0.4) is 0 Å². The van der Waals surface area contributed by atoms with Gasteiger partial charge in [-0.1, -0.05) is 11.3 Å². The van der Waals surface area contributed by atoms with Crippen molar-refractivity contribution in [3.05, 3.63) is 9.96 Å². The lowest BCUT2D eigenvalue weighted by atomic mass is 10.4. The van der Waals surface area contributed by atoms with E-state index >= 15 is 0 Å². The molecule has 2 heterocycles. The number of nitrogens with one attached hydrogen (secondary N) is 1. The van der Waals surface area contributed by atoms with Crippen molar-refractivity contribution in [1.82, 2.24) is 10.3 Å². The van der Waals surface area contributed by atoms with E-state index in [1.807, 2.05) is 0 Å². The number of anilines is 1. The molecule has 0 spiro atoms. The molecule has 0 radical (unpaired) electrons. The summed E-state index contributed by atoms with van der Waals surface area (Å²) in [6.07, 6.45) is -0.263. The Morgan fingerprint density at radius 1 is 1.75 bits per heavy atom. The van der Waals surface area contributed by atoms with E-state index in [4.69, 9.17) is 12.3 Å². The Morgan fingerprint density at radius 3 is 3.08 bits per heavy atom. The minimum atomic E-state index is -2.92. The maximum absolute atomic E-state index is 7.87. The Labute approximate surface area is 96.6 Å². The van der Waals surface area contributed by atoms with E-state index in [1.54, 1.807) is 5.32 Å². The van der Waals surface area contributed by atoms with Crippen molar-refractivity contribution in [3.8, 4) is 0 Å². The molecule has 1 aromatic heterocycles. The quantitative estimate of drug-likeness (QED) is 0.822. The van der Waals surface area contributed by atoms with Crippen LogP contribution in [0.25, 0.3) is 0 Å². The SMILES string of the molecule is [2H]c1nc(N2C([2H])([2H])C([2H])([2H])NC([2H])([2H])C2([2H])[2H])sc1Br. The van der Waals surface area contributed by atoms with E-state index in [9.17, 15) is 0 Å². The van der Waals surface area contributed by atoms with Crippen molar-refractivity contribution < 1.29 is 12.3 Å². The second-order valence-corrected chi connectivity index (χ2v) is 4.11. The van der Waals surface area contributed by atoms with Gasteiger partial charge in [-0.15, -0.1) is 0 Å². The summed E-state index contributed by atoms with van der Waals surface area (Å²) in [7, 11) is 0. The molecule has 0 aliphatic carbocycles. The Kier molecular flexibility index (Phi) is 0.909. The van der Waals surface area contributed by atoms with Crippen molar-refractivity contribution in [3.63, 3.8) is 0 Å². The molecular formula is C7H10BrN3S. The van der Waals surface area contributed by atoms with Crippen LogP contribution >= 0.6 is 27.3 Å². The summed E-state index contributed by atoms with van der Waals surface area (Å²) in [5.41, 5.74) is 0. The lowest BCUT2D eigenvalue weighted by Gasteiger charge is -2.26. The second kappa shape index (κ2) is 3.72. The molecule has 0 amide bonds. The van der Waals surface area contributed by atoms with Gasteiger partial charge in [-0.25, -0.2) is 4.98 Å². The monoisotopic (exact) mass is 256 g/mol. The average Bonchev–Trinajstić information content (AvgIpc) is 2.54. The fourth-order valence-electron chi connectivity index (χ4n) is 0.636. The van der Waals surface area contributed by atoms with Gasteiger partial charge in [0.25, 0.3) is 0 Å². The molecule has 12 heavy (non-hydrogen) atoms. The third kappa shape index (κ3) is 1.78. The second-order valence-electron chi connectivity index (χ2n) is 1.82. The number of nitrogens with zero attached hydrogens (tertiary/aromatic N) is 2. The average molecular weight is 257 g/mol. The third-order valence-electron chi connectivity index (χ3n) is 1.07. The molecule has 0 saturated carbocycles. The number of halogens is 1. The Balaban J connectivity index is 2.67. The summed E-state index contributed by atoms with van der Waals surface area (Å²) >= 11 is 3.74. The third-order valence-corrected chi connectivity index (χ3v) is 2.46. The number of hydrogen-bond donors (Lipinski definition) is 1.